The number of fused-ring (bicyclic) bond motifs is 1. The lowest BCUT2D eigenvalue weighted by atomic mass is 9.93. The molecule has 2 aliphatic heterocycles. The third kappa shape index (κ3) is 3.98. The lowest BCUT2D eigenvalue weighted by molar-refractivity contribution is 0.0176. The number of carbonyl (C=O) groups is 1. The van der Waals surface area contributed by atoms with Crippen LogP contribution < -0.4 is 15.8 Å². The number of nitrogens with one attached hydrogen (secondary N) is 3. The Bertz CT molecular complexity index is 1210. The number of pyridine rings is 1. The maximum absolute atomic E-state index is 13.4. The molecule has 9 nitrogen and oxygen atoms in total. The van der Waals surface area contributed by atoms with E-state index < -0.39 is 22.7 Å². The van der Waals surface area contributed by atoms with E-state index in [2.05, 4.69) is 5.32 Å². The van der Waals surface area contributed by atoms with Crippen molar-refractivity contribution in [1.82, 2.24) is 14.9 Å². The molecule has 2 aliphatic rings. The fourth-order valence-electron chi connectivity index (χ4n) is 4.74. The van der Waals surface area contributed by atoms with Crippen LogP contribution in [0.1, 0.15) is 41.4 Å². The number of benzene rings is 1. The number of aromatic nitrogens is 1. The lowest BCUT2D eigenvalue weighted by Gasteiger charge is -2.56. The molecule has 34 heavy (non-hydrogen) atoms. The summed E-state index contributed by atoms with van der Waals surface area (Å²) >= 11 is 0.784. The van der Waals surface area contributed by atoms with Crippen LogP contribution in [0.15, 0.2) is 35.3 Å². The summed E-state index contributed by atoms with van der Waals surface area (Å²) in [6, 6.07) is 5.73. The minimum Gasteiger partial charge on any atom is -0.502 e. The largest absolute Gasteiger partial charge is 0.502 e. The number of hydrogen-bond donors (Lipinski definition) is 4. The summed E-state index contributed by atoms with van der Waals surface area (Å²) in [6.45, 7) is 3.72. The quantitative estimate of drug-likeness (QED) is 0.387. The number of halogens is 1. The second-order valence-electron chi connectivity index (χ2n) is 8.38. The molecule has 0 bridgehead atoms. The van der Waals surface area contributed by atoms with Crippen LogP contribution in [0.25, 0.3) is 0 Å². The summed E-state index contributed by atoms with van der Waals surface area (Å²) in [5, 5.41) is 32.5. The number of amides is 1. The van der Waals surface area contributed by atoms with Crippen molar-refractivity contribution in [2.75, 3.05) is 31.7 Å². The van der Waals surface area contributed by atoms with Gasteiger partial charge in [-0.15, -0.1) is 0 Å². The highest BCUT2D eigenvalue weighted by Gasteiger charge is 2.49. The van der Waals surface area contributed by atoms with Crippen molar-refractivity contribution >= 4 is 27.8 Å². The van der Waals surface area contributed by atoms with Crippen LogP contribution in [0, 0.1) is 16.6 Å². The van der Waals surface area contributed by atoms with E-state index in [1.807, 2.05) is 19.0 Å². The van der Waals surface area contributed by atoms with Crippen LogP contribution in [0.3, 0.4) is 0 Å². The SMILES string of the molecule is CCN1C(=O)c2c(O)c(=O)c(C(=N)SC(=N)Cc3ccc(F)cc3)cn2N(C)C12CCNCC2. The van der Waals surface area contributed by atoms with E-state index in [4.69, 9.17) is 10.8 Å². The van der Waals surface area contributed by atoms with Crippen LogP contribution in [-0.2, 0) is 6.42 Å². The van der Waals surface area contributed by atoms with Gasteiger partial charge in [-0.05, 0) is 37.7 Å². The van der Waals surface area contributed by atoms with Crippen molar-refractivity contribution in [3.8, 4) is 5.75 Å². The molecule has 4 N–H and O–H groups in total. The highest BCUT2D eigenvalue weighted by Crippen LogP contribution is 2.36. The van der Waals surface area contributed by atoms with Gasteiger partial charge < -0.3 is 15.3 Å². The number of hydrogen-bond acceptors (Lipinski definition) is 8. The van der Waals surface area contributed by atoms with Gasteiger partial charge in [-0.25, -0.2) is 4.39 Å². The van der Waals surface area contributed by atoms with E-state index in [1.54, 1.807) is 17.0 Å². The van der Waals surface area contributed by atoms with Crippen LogP contribution in [-0.4, -0.2) is 63.0 Å². The van der Waals surface area contributed by atoms with Gasteiger partial charge in [0.1, 0.15) is 16.5 Å². The molecule has 2 aromatic rings. The topological polar surface area (TPSA) is 126 Å². The van der Waals surface area contributed by atoms with Gasteiger partial charge in [0, 0.05) is 39.1 Å². The molecule has 0 aliphatic carbocycles. The third-order valence-corrected chi connectivity index (χ3v) is 7.32. The zero-order valence-corrected chi connectivity index (χ0v) is 19.8. The minimum atomic E-state index is -0.822. The second-order valence-corrected chi connectivity index (χ2v) is 9.48. The summed E-state index contributed by atoms with van der Waals surface area (Å²) in [4.78, 5) is 28.0. The molecular formula is C23H27FN6O3S. The Morgan fingerprint density at radius 1 is 1.21 bits per heavy atom. The number of thioether (sulfide) groups is 1. The fourth-order valence-corrected chi connectivity index (χ4v) is 5.48. The summed E-state index contributed by atoms with van der Waals surface area (Å²) in [5.74, 6) is -1.50. The number of aromatic hydroxyl groups is 1. The molecule has 1 amide bonds. The van der Waals surface area contributed by atoms with Gasteiger partial charge in [0.15, 0.2) is 11.4 Å². The van der Waals surface area contributed by atoms with E-state index >= 15 is 0 Å². The minimum absolute atomic E-state index is 0.0923. The second kappa shape index (κ2) is 9.22. The number of rotatable bonds is 4. The molecule has 1 spiro atoms. The van der Waals surface area contributed by atoms with Gasteiger partial charge in [0.2, 0.25) is 5.43 Å². The Morgan fingerprint density at radius 2 is 1.85 bits per heavy atom. The first-order chi connectivity index (χ1) is 16.2. The van der Waals surface area contributed by atoms with E-state index in [-0.39, 0.29) is 33.6 Å². The monoisotopic (exact) mass is 486 g/mol. The maximum atomic E-state index is 13.4. The first-order valence-corrected chi connectivity index (χ1v) is 11.9. The Kier molecular flexibility index (Phi) is 6.50. The number of nitrogens with zero attached hydrogens (tertiary/aromatic N) is 3. The molecule has 1 saturated heterocycles. The van der Waals surface area contributed by atoms with Crippen LogP contribution in [0.4, 0.5) is 4.39 Å². The summed E-state index contributed by atoms with van der Waals surface area (Å²) in [7, 11) is 1.81. The number of carbonyl (C=O) groups excluding carboxylic acids is 1. The Hall–Kier alpha value is -3.18. The molecule has 0 saturated carbocycles. The molecule has 180 valence electrons. The highest BCUT2D eigenvalue weighted by atomic mass is 32.2. The smallest absolute Gasteiger partial charge is 0.278 e. The van der Waals surface area contributed by atoms with Gasteiger partial charge >= 0.3 is 0 Å². The Balaban J connectivity index is 1.67. The third-order valence-electron chi connectivity index (χ3n) is 6.51. The van der Waals surface area contributed by atoms with Gasteiger partial charge in [0.05, 0.1) is 10.6 Å². The average molecular weight is 487 g/mol. The van der Waals surface area contributed by atoms with Crippen LogP contribution in [0.5, 0.6) is 5.75 Å². The van der Waals surface area contributed by atoms with Crippen LogP contribution in [0.2, 0.25) is 0 Å². The van der Waals surface area contributed by atoms with Crippen molar-refractivity contribution in [3.05, 3.63) is 63.3 Å². The average Bonchev–Trinajstić information content (AvgIpc) is 2.81. The normalized spacial score (nSPS) is 17.1. The van der Waals surface area contributed by atoms with Crippen molar-refractivity contribution in [2.24, 2.45) is 0 Å². The molecule has 1 fully saturated rings. The molecule has 0 radical (unpaired) electrons. The molecule has 0 unspecified atom stereocenters. The van der Waals surface area contributed by atoms with Crippen molar-refractivity contribution in [2.45, 2.75) is 31.8 Å². The van der Waals surface area contributed by atoms with E-state index in [0.29, 0.717) is 38.0 Å². The molecule has 11 heteroatoms. The predicted molar refractivity (Wildman–Crippen MR) is 130 cm³/mol. The predicted octanol–water partition coefficient (Wildman–Crippen LogP) is 2.09. The van der Waals surface area contributed by atoms with E-state index in [1.165, 1.54) is 23.0 Å². The first-order valence-electron chi connectivity index (χ1n) is 11.0. The van der Waals surface area contributed by atoms with Gasteiger partial charge in [-0.1, -0.05) is 23.9 Å². The van der Waals surface area contributed by atoms with Crippen molar-refractivity contribution in [3.63, 3.8) is 0 Å². The highest BCUT2D eigenvalue weighted by molar-refractivity contribution is 8.26. The van der Waals surface area contributed by atoms with Gasteiger partial charge in [-0.2, -0.15) is 0 Å². The zero-order chi connectivity index (χ0) is 24.6. The van der Waals surface area contributed by atoms with Gasteiger partial charge in [-0.3, -0.25) is 30.1 Å². The summed E-state index contributed by atoms with van der Waals surface area (Å²) in [5.41, 5.74) is -0.954. The zero-order valence-electron chi connectivity index (χ0n) is 19.0. The Morgan fingerprint density at radius 3 is 2.47 bits per heavy atom. The van der Waals surface area contributed by atoms with Crippen molar-refractivity contribution in [1.29, 1.82) is 10.8 Å². The maximum Gasteiger partial charge on any atom is 0.278 e. The van der Waals surface area contributed by atoms with Crippen LogP contribution >= 0.6 is 11.8 Å². The van der Waals surface area contributed by atoms with E-state index in [9.17, 15) is 19.1 Å². The molecule has 1 aromatic carbocycles. The summed E-state index contributed by atoms with van der Waals surface area (Å²) < 4.78 is 14.6. The standard InChI is InChI=1S/C23H27FN6O3S/c1-3-29-22(33)18-20(32)19(31)16(13-30(18)28(2)23(29)8-10-27-11-9-23)21(26)34-17(25)12-14-4-6-15(24)7-5-14/h4-7,13,25-27,32H,3,8-12H2,1-2H3. The molecule has 3 heterocycles. The van der Waals surface area contributed by atoms with Crippen molar-refractivity contribution < 1.29 is 14.3 Å². The fraction of sp³-hybridized carbons (Fsp3) is 0.391. The van der Waals surface area contributed by atoms with E-state index in [0.717, 1.165) is 11.8 Å². The summed E-state index contributed by atoms with van der Waals surface area (Å²) in [6.07, 6.45) is 2.91. The molecular weight excluding hydrogens is 459 g/mol. The van der Waals surface area contributed by atoms with Gasteiger partial charge in [0.25, 0.3) is 5.91 Å². The lowest BCUT2D eigenvalue weighted by Crippen LogP contribution is -2.71. The Labute approximate surface area is 200 Å². The molecule has 1 aromatic heterocycles. The molecule has 4 rings (SSSR count). The molecule has 0 atom stereocenters. The first kappa shape index (κ1) is 24.0. The number of piperidine rings is 1.